The summed E-state index contributed by atoms with van der Waals surface area (Å²) in [6.07, 6.45) is 0. The van der Waals surface area contributed by atoms with Crippen molar-refractivity contribution in [1.82, 2.24) is 5.16 Å². The molecule has 1 heterocycles. The molecule has 0 atom stereocenters. The standard InChI is InChI=1S/C9H7BrN2O2/c10-9-7(11)8(14-12-9)5-3-1-2-4-6(5)13/h1-4,13H,11H2. The Labute approximate surface area is 88.5 Å². The molecule has 0 saturated heterocycles. The summed E-state index contributed by atoms with van der Waals surface area (Å²) in [6.45, 7) is 0. The van der Waals surface area contributed by atoms with Gasteiger partial charge in [-0.3, -0.25) is 0 Å². The second kappa shape index (κ2) is 3.34. The molecule has 0 saturated carbocycles. The number of hydrogen-bond donors (Lipinski definition) is 2. The molecule has 0 amide bonds. The fourth-order valence-corrected chi connectivity index (χ4v) is 1.39. The Morgan fingerprint density at radius 1 is 1.36 bits per heavy atom. The average molecular weight is 255 g/mol. The van der Waals surface area contributed by atoms with E-state index in [2.05, 4.69) is 21.1 Å². The van der Waals surface area contributed by atoms with Crippen LogP contribution in [-0.4, -0.2) is 10.3 Å². The van der Waals surface area contributed by atoms with Crippen molar-refractivity contribution in [3.05, 3.63) is 28.9 Å². The van der Waals surface area contributed by atoms with E-state index in [1.165, 1.54) is 0 Å². The van der Waals surface area contributed by atoms with Crippen LogP contribution < -0.4 is 5.73 Å². The second-order valence-corrected chi connectivity index (χ2v) is 3.48. The Morgan fingerprint density at radius 2 is 2.07 bits per heavy atom. The van der Waals surface area contributed by atoms with Gasteiger partial charge in [-0.15, -0.1) is 0 Å². The van der Waals surface area contributed by atoms with Gasteiger partial charge in [0.2, 0.25) is 0 Å². The lowest BCUT2D eigenvalue weighted by atomic mass is 10.1. The van der Waals surface area contributed by atoms with E-state index in [1.807, 2.05) is 0 Å². The molecule has 0 unspecified atom stereocenters. The van der Waals surface area contributed by atoms with Gasteiger partial charge in [-0.05, 0) is 28.1 Å². The van der Waals surface area contributed by atoms with Crippen molar-refractivity contribution in [2.24, 2.45) is 0 Å². The first-order chi connectivity index (χ1) is 6.70. The molecule has 4 nitrogen and oxygen atoms in total. The van der Waals surface area contributed by atoms with E-state index < -0.39 is 0 Å². The number of nitrogens with two attached hydrogens (primary N) is 1. The molecule has 72 valence electrons. The topological polar surface area (TPSA) is 72.3 Å². The highest BCUT2D eigenvalue weighted by molar-refractivity contribution is 9.10. The van der Waals surface area contributed by atoms with Gasteiger partial charge in [-0.25, -0.2) is 0 Å². The number of phenolic OH excluding ortho intramolecular Hbond substituents is 1. The molecule has 2 rings (SSSR count). The first-order valence-electron chi connectivity index (χ1n) is 3.89. The van der Waals surface area contributed by atoms with Gasteiger partial charge in [0.15, 0.2) is 10.4 Å². The van der Waals surface area contributed by atoms with Crippen molar-refractivity contribution in [3.8, 4) is 17.1 Å². The zero-order valence-corrected chi connectivity index (χ0v) is 8.65. The number of halogens is 1. The highest BCUT2D eigenvalue weighted by atomic mass is 79.9. The maximum absolute atomic E-state index is 9.54. The summed E-state index contributed by atoms with van der Waals surface area (Å²) in [4.78, 5) is 0. The van der Waals surface area contributed by atoms with Crippen molar-refractivity contribution >= 4 is 21.6 Å². The van der Waals surface area contributed by atoms with Gasteiger partial charge in [-0.1, -0.05) is 17.3 Å². The lowest BCUT2D eigenvalue weighted by molar-refractivity contribution is 0.422. The molecule has 0 fully saturated rings. The second-order valence-electron chi connectivity index (χ2n) is 2.73. The van der Waals surface area contributed by atoms with E-state index >= 15 is 0 Å². The first kappa shape index (κ1) is 9.08. The van der Waals surface area contributed by atoms with Crippen LogP contribution in [0.25, 0.3) is 11.3 Å². The van der Waals surface area contributed by atoms with Crippen molar-refractivity contribution < 1.29 is 9.63 Å². The minimum absolute atomic E-state index is 0.114. The van der Waals surface area contributed by atoms with Crippen molar-refractivity contribution in [2.45, 2.75) is 0 Å². The number of rotatable bonds is 1. The number of hydrogen-bond acceptors (Lipinski definition) is 4. The lowest BCUT2D eigenvalue weighted by Crippen LogP contribution is -1.86. The Kier molecular flexibility index (Phi) is 2.17. The van der Waals surface area contributed by atoms with Gasteiger partial charge in [0, 0.05) is 0 Å². The molecular formula is C9H7BrN2O2. The Hall–Kier alpha value is -1.49. The number of aromatic hydroxyl groups is 1. The van der Waals surface area contributed by atoms with E-state index in [0.717, 1.165) is 0 Å². The quantitative estimate of drug-likeness (QED) is 0.820. The molecule has 14 heavy (non-hydrogen) atoms. The molecule has 1 aromatic carbocycles. The Balaban J connectivity index is 2.60. The minimum atomic E-state index is 0.114. The molecule has 3 N–H and O–H groups in total. The van der Waals surface area contributed by atoms with Crippen LogP contribution >= 0.6 is 15.9 Å². The van der Waals surface area contributed by atoms with E-state index in [1.54, 1.807) is 24.3 Å². The molecule has 0 radical (unpaired) electrons. The molecule has 1 aromatic heterocycles. The fraction of sp³-hybridized carbons (Fsp3) is 0. The van der Waals surface area contributed by atoms with Crippen LogP contribution in [0.1, 0.15) is 0 Å². The van der Waals surface area contributed by atoms with Gasteiger partial charge < -0.3 is 15.4 Å². The van der Waals surface area contributed by atoms with Gasteiger partial charge in [-0.2, -0.15) is 0 Å². The van der Waals surface area contributed by atoms with Gasteiger partial charge >= 0.3 is 0 Å². The molecule has 5 heteroatoms. The smallest absolute Gasteiger partial charge is 0.194 e. The normalized spacial score (nSPS) is 10.4. The van der Waals surface area contributed by atoms with Crippen LogP contribution in [0, 0.1) is 0 Å². The molecule has 2 aromatic rings. The summed E-state index contributed by atoms with van der Waals surface area (Å²) in [5.74, 6) is 0.484. The summed E-state index contributed by atoms with van der Waals surface area (Å²) in [7, 11) is 0. The van der Waals surface area contributed by atoms with E-state index in [0.29, 0.717) is 21.6 Å². The molecule has 0 aliphatic rings. The maximum atomic E-state index is 9.54. The van der Waals surface area contributed by atoms with Crippen LogP contribution in [0.5, 0.6) is 5.75 Å². The first-order valence-corrected chi connectivity index (χ1v) is 4.68. The number of nitrogens with zero attached hydrogens (tertiary/aromatic N) is 1. The van der Waals surface area contributed by atoms with Crippen LogP contribution in [0.3, 0.4) is 0 Å². The SMILES string of the molecule is Nc1c(Br)noc1-c1ccccc1O. The summed E-state index contributed by atoms with van der Waals surface area (Å²) in [5, 5.41) is 13.2. The van der Waals surface area contributed by atoms with Crippen LogP contribution in [0.4, 0.5) is 5.69 Å². The maximum Gasteiger partial charge on any atom is 0.194 e. The lowest BCUT2D eigenvalue weighted by Gasteiger charge is -1.99. The summed E-state index contributed by atoms with van der Waals surface area (Å²) in [5.41, 5.74) is 6.60. The predicted molar refractivity (Wildman–Crippen MR) is 55.7 cm³/mol. The third kappa shape index (κ3) is 1.35. The largest absolute Gasteiger partial charge is 0.507 e. The number of phenols is 1. The summed E-state index contributed by atoms with van der Waals surface area (Å²) in [6, 6.07) is 6.77. The number of para-hydroxylation sites is 1. The average Bonchev–Trinajstić information content (AvgIpc) is 2.49. The third-order valence-corrected chi connectivity index (χ3v) is 2.40. The van der Waals surface area contributed by atoms with Crippen LogP contribution in [-0.2, 0) is 0 Å². The zero-order chi connectivity index (χ0) is 10.1. The number of aromatic nitrogens is 1. The van der Waals surface area contributed by atoms with Crippen molar-refractivity contribution in [1.29, 1.82) is 0 Å². The Bertz CT molecular complexity index is 468. The number of benzene rings is 1. The Morgan fingerprint density at radius 3 is 2.64 bits per heavy atom. The monoisotopic (exact) mass is 254 g/mol. The van der Waals surface area contributed by atoms with Crippen molar-refractivity contribution in [2.75, 3.05) is 5.73 Å². The molecule has 0 aliphatic heterocycles. The molecule has 0 aliphatic carbocycles. The van der Waals surface area contributed by atoms with Crippen LogP contribution in [0.15, 0.2) is 33.4 Å². The van der Waals surface area contributed by atoms with Gasteiger partial charge in [0.05, 0.1) is 5.56 Å². The van der Waals surface area contributed by atoms with Gasteiger partial charge in [0.1, 0.15) is 11.4 Å². The predicted octanol–water partition coefficient (Wildman–Crippen LogP) is 2.39. The number of nitrogen functional groups attached to an aromatic ring is 1. The van der Waals surface area contributed by atoms with E-state index in [4.69, 9.17) is 10.3 Å². The van der Waals surface area contributed by atoms with Crippen molar-refractivity contribution in [3.63, 3.8) is 0 Å². The molecular weight excluding hydrogens is 248 g/mol. The molecule has 0 spiro atoms. The van der Waals surface area contributed by atoms with E-state index in [-0.39, 0.29) is 5.75 Å². The molecule has 0 bridgehead atoms. The highest BCUT2D eigenvalue weighted by Gasteiger charge is 2.15. The van der Waals surface area contributed by atoms with E-state index in [9.17, 15) is 5.11 Å². The summed E-state index contributed by atoms with van der Waals surface area (Å²) < 4.78 is 5.42. The minimum Gasteiger partial charge on any atom is -0.507 e. The fourth-order valence-electron chi connectivity index (χ4n) is 1.14. The summed E-state index contributed by atoms with van der Waals surface area (Å²) >= 11 is 3.13. The van der Waals surface area contributed by atoms with Crippen LogP contribution in [0.2, 0.25) is 0 Å². The van der Waals surface area contributed by atoms with Gasteiger partial charge in [0.25, 0.3) is 0 Å². The zero-order valence-electron chi connectivity index (χ0n) is 7.07. The number of anilines is 1. The third-order valence-electron chi connectivity index (χ3n) is 1.83. The highest BCUT2D eigenvalue weighted by Crippen LogP contribution is 2.36.